The molecule has 1 N–H and O–H groups in total. The van der Waals surface area contributed by atoms with Gasteiger partial charge in [0.2, 0.25) is 0 Å². The molecular formula is C8H12O5. The Morgan fingerprint density at radius 3 is 1.31 bits per heavy atom. The predicted octanol–water partition coefficient (Wildman–Crippen LogP) is 0.743. The molecule has 0 aliphatic heterocycles. The molecule has 0 amide bonds. The zero-order chi connectivity index (χ0) is 11.0. The quantitative estimate of drug-likeness (QED) is 0.373. The number of carbonyl (C=O) groups is 3. The number of carboxylic acid groups (broad SMARTS) is 1. The van der Waals surface area contributed by atoms with Crippen LogP contribution in [0, 0.1) is 0 Å². The highest BCUT2D eigenvalue weighted by atomic mass is 16.6. The average Bonchev–Trinajstić information content (AvgIpc) is 1.84. The van der Waals surface area contributed by atoms with Crippen LogP contribution < -0.4 is 0 Å². The van der Waals surface area contributed by atoms with Crippen LogP contribution in [0.5, 0.6) is 0 Å². The largest absolute Gasteiger partial charge is 0.478 e. The Balaban J connectivity index is 0. The molecule has 0 rings (SSSR count). The van der Waals surface area contributed by atoms with Gasteiger partial charge in [0.05, 0.1) is 0 Å². The van der Waals surface area contributed by atoms with E-state index in [1.54, 1.807) is 0 Å². The van der Waals surface area contributed by atoms with Crippen LogP contribution in [0.1, 0.15) is 20.8 Å². The van der Waals surface area contributed by atoms with Crippen molar-refractivity contribution >= 4 is 17.9 Å². The highest BCUT2D eigenvalue weighted by Gasteiger charge is 1.93. The molecule has 0 saturated carbocycles. The number of carbonyl (C=O) groups excluding carboxylic acids is 2. The molecule has 13 heavy (non-hydrogen) atoms. The first-order chi connectivity index (χ1) is 5.77. The molecule has 0 aromatic rings. The number of aliphatic carboxylic acids is 1. The van der Waals surface area contributed by atoms with Crippen LogP contribution in [-0.2, 0) is 19.1 Å². The van der Waals surface area contributed by atoms with Crippen molar-refractivity contribution in [2.75, 3.05) is 0 Å². The van der Waals surface area contributed by atoms with Crippen LogP contribution >= 0.6 is 0 Å². The first-order valence-corrected chi connectivity index (χ1v) is 3.35. The molecule has 0 unspecified atom stereocenters. The standard InChI is InChI=1S/C4H6O3.C4H6O2/c1-3(5)7-4(2)6;1-3(2)4(5)6/h1-2H3;1H2,2H3,(H,5,6). The highest BCUT2D eigenvalue weighted by Crippen LogP contribution is 1.81. The minimum absolute atomic E-state index is 0.176. The fourth-order valence-corrected chi connectivity index (χ4v) is 0.202. The number of ether oxygens (including phenoxy) is 1. The minimum Gasteiger partial charge on any atom is -0.478 e. The van der Waals surface area contributed by atoms with E-state index < -0.39 is 17.9 Å². The third kappa shape index (κ3) is 17.9. The monoisotopic (exact) mass is 188 g/mol. The lowest BCUT2D eigenvalue weighted by atomic mass is 10.4. The van der Waals surface area contributed by atoms with E-state index in [0.717, 1.165) is 0 Å². The normalized spacial score (nSPS) is 7.62. The zero-order valence-electron chi connectivity index (χ0n) is 7.79. The van der Waals surface area contributed by atoms with Gasteiger partial charge in [-0.15, -0.1) is 0 Å². The maximum Gasteiger partial charge on any atom is 0.330 e. The summed E-state index contributed by atoms with van der Waals surface area (Å²) in [6.45, 7) is 6.97. The van der Waals surface area contributed by atoms with Gasteiger partial charge < -0.3 is 9.84 Å². The highest BCUT2D eigenvalue weighted by molar-refractivity contribution is 5.84. The Morgan fingerprint density at radius 1 is 1.08 bits per heavy atom. The van der Waals surface area contributed by atoms with Crippen LogP contribution in [-0.4, -0.2) is 23.0 Å². The van der Waals surface area contributed by atoms with Crippen molar-refractivity contribution in [3.05, 3.63) is 12.2 Å². The van der Waals surface area contributed by atoms with E-state index >= 15 is 0 Å². The van der Waals surface area contributed by atoms with Crippen LogP contribution in [0.2, 0.25) is 0 Å². The van der Waals surface area contributed by atoms with Gasteiger partial charge in [-0.3, -0.25) is 9.59 Å². The molecule has 74 valence electrons. The van der Waals surface area contributed by atoms with Gasteiger partial charge in [0.1, 0.15) is 0 Å². The smallest absolute Gasteiger partial charge is 0.330 e. The van der Waals surface area contributed by atoms with Crippen molar-refractivity contribution in [1.82, 2.24) is 0 Å². The van der Waals surface area contributed by atoms with Crippen molar-refractivity contribution in [2.45, 2.75) is 20.8 Å². The second-order valence-electron chi connectivity index (χ2n) is 2.17. The molecule has 0 heterocycles. The summed E-state index contributed by atoms with van der Waals surface area (Å²) in [6, 6.07) is 0. The van der Waals surface area contributed by atoms with E-state index in [4.69, 9.17) is 5.11 Å². The summed E-state index contributed by atoms with van der Waals surface area (Å²) in [5.74, 6) is -2.06. The fourth-order valence-electron chi connectivity index (χ4n) is 0.202. The number of esters is 2. The van der Waals surface area contributed by atoms with Gasteiger partial charge in [-0.25, -0.2) is 4.79 Å². The topological polar surface area (TPSA) is 80.7 Å². The van der Waals surface area contributed by atoms with Gasteiger partial charge in [0.15, 0.2) is 0 Å². The van der Waals surface area contributed by atoms with Gasteiger partial charge >= 0.3 is 17.9 Å². The third-order valence-corrected chi connectivity index (χ3v) is 0.653. The minimum atomic E-state index is -0.935. The van der Waals surface area contributed by atoms with Crippen molar-refractivity contribution in [1.29, 1.82) is 0 Å². The lowest BCUT2D eigenvalue weighted by molar-refractivity contribution is -0.156. The van der Waals surface area contributed by atoms with Crippen LogP contribution in [0.4, 0.5) is 0 Å². The molecule has 0 radical (unpaired) electrons. The summed E-state index contributed by atoms with van der Waals surface area (Å²) in [5, 5.41) is 7.89. The maximum absolute atomic E-state index is 9.81. The van der Waals surface area contributed by atoms with Gasteiger partial charge in [-0.2, -0.15) is 0 Å². The number of carboxylic acids is 1. The van der Waals surface area contributed by atoms with E-state index in [0.29, 0.717) is 0 Å². The summed E-state index contributed by atoms with van der Waals surface area (Å²) in [5.41, 5.74) is 0.176. The molecule has 0 aliphatic carbocycles. The van der Waals surface area contributed by atoms with E-state index in [9.17, 15) is 14.4 Å². The Labute approximate surface area is 76.0 Å². The Bertz CT molecular complexity index is 205. The van der Waals surface area contributed by atoms with E-state index in [1.807, 2.05) is 0 Å². The van der Waals surface area contributed by atoms with Crippen LogP contribution in [0.25, 0.3) is 0 Å². The Kier molecular flexibility index (Phi) is 7.51. The molecule has 0 aliphatic rings. The molecule has 0 atom stereocenters. The summed E-state index contributed by atoms with van der Waals surface area (Å²) >= 11 is 0. The summed E-state index contributed by atoms with van der Waals surface area (Å²) in [7, 11) is 0. The zero-order valence-corrected chi connectivity index (χ0v) is 7.79. The van der Waals surface area contributed by atoms with Crippen LogP contribution in [0.15, 0.2) is 12.2 Å². The molecule has 0 fully saturated rings. The van der Waals surface area contributed by atoms with Crippen molar-refractivity contribution in [3.63, 3.8) is 0 Å². The van der Waals surface area contributed by atoms with E-state index in [-0.39, 0.29) is 5.57 Å². The first-order valence-electron chi connectivity index (χ1n) is 3.35. The number of hydrogen-bond acceptors (Lipinski definition) is 4. The summed E-state index contributed by atoms with van der Waals surface area (Å²) in [6.07, 6.45) is 0. The summed E-state index contributed by atoms with van der Waals surface area (Å²) < 4.78 is 3.97. The van der Waals surface area contributed by atoms with E-state index in [1.165, 1.54) is 20.8 Å². The van der Waals surface area contributed by atoms with Gasteiger partial charge in [-0.05, 0) is 6.92 Å². The Hall–Kier alpha value is -1.65. The van der Waals surface area contributed by atoms with Crippen molar-refractivity contribution in [3.8, 4) is 0 Å². The molecule has 0 spiro atoms. The summed E-state index contributed by atoms with van der Waals surface area (Å²) in [4.78, 5) is 29.2. The van der Waals surface area contributed by atoms with E-state index in [2.05, 4.69) is 11.3 Å². The lowest BCUT2D eigenvalue weighted by Crippen LogP contribution is -2.03. The maximum atomic E-state index is 9.81. The predicted molar refractivity (Wildman–Crippen MR) is 44.9 cm³/mol. The van der Waals surface area contributed by atoms with Gasteiger partial charge in [0, 0.05) is 19.4 Å². The van der Waals surface area contributed by atoms with Crippen molar-refractivity contribution in [2.24, 2.45) is 0 Å². The van der Waals surface area contributed by atoms with Crippen LogP contribution in [0.3, 0.4) is 0 Å². The SMILES string of the molecule is C=C(C)C(=O)O.CC(=O)OC(C)=O. The second kappa shape index (κ2) is 7.02. The Morgan fingerprint density at radius 2 is 1.31 bits per heavy atom. The third-order valence-electron chi connectivity index (χ3n) is 0.653. The number of rotatable bonds is 1. The number of hydrogen-bond donors (Lipinski definition) is 1. The molecule has 5 heteroatoms. The molecule has 0 saturated heterocycles. The fraction of sp³-hybridized carbons (Fsp3) is 0.375. The molecule has 5 nitrogen and oxygen atoms in total. The van der Waals surface area contributed by atoms with Crippen molar-refractivity contribution < 1.29 is 24.2 Å². The molecular weight excluding hydrogens is 176 g/mol. The van der Waals surface area contributed by atoms with Gasteiger partial charge in [0.25, 0.3) is 0 Å². The molecule has 0 aromatic carbocycles. The average molecular weight is 188 g/mol. The molecule has 0 aromatic heterocycles. The molecule has 0 bridgehead atoms. The first kappa shape index (κ1) is 13.9. The lowest BCUT2D eigenvalue weighted by Gasteiger charge is -1.87. The second-order valence-corrected chi connectivity index (χ2v) is 2.17. The van der Waals surface area contributed by atoms with Gasteiger partial charge in [-0.1, -0.05) is 6.58 Å².